The van der Waals surface area contributed by atoms with Gasteiger partial charge in [-0.25, -0.2) is 0 Å². The first-order valence-electron chi connectivity index (χ1n) is 5.40. The second-order valence-corrected chi connectivity index (χ2v) is 5.89. The van der Waals surface area contributed by atoms with E-state index in [1.165, 1.54) is 0 Å². The number of cyclic esters (lactones) is 2. The van der Waals surface area contributed by atoms with Gasteiger partial charge in [0.1, 0.15) is 10.8 Å². The van der Waals surface area contributed by atoms with Gasteiger partial charge in [-0.2, -0.15) is 11.8 Å². The smallest absolute Gasteiger partial charge is 0.324 e. The molecular formula is C11H10O4S. The zero-order valence-electron chi connectivity index (χ0n) is 8.47. The molecule has 0 N–H and O–H groups in total. The molecule has 4 atom stereocenters. The van der Waals surface area contributed by atoms with E-state index in [9.17, 15) is 9.59 Å². The van der Waals surface area contributed by atoms with Gasteiger partial charge < -0.3 is 9.47 Å². The number of hydrogen-bond donors (Lipinski definition) is 0. The summed E-state index contributed by atoms with van der Waals surface area (Å²) in [5.74, 6) is 0.796. The molecular weight excluding hydrogens is 228 g/mol. The van der Waals surface area contributed by atoms with Gasteiger partial charge in [0, 0.05) is 5.75 Å². The molecule has 3 fully saturated rings. The van der Waals surface area contributed by atoms with Crippen molar-refractivity contribution >= 4 is 23.7 Å². The van der Waals surface area contributed by atoms with E-state index < -0.39 is 10.8 Å². The maximum atomic E-state index is 12.0. The maximum Gasteiger partial charge on any atom is 0.324 e. The maximum absolute atomic E-state index is 12.0. The quantitative estimate of drug-likeness (QED) is 0.350. The Morgan fingerprint density at radius 2 is 1.88 bits per heavy atom. The normalized spacial score (nSPS) is 52.8. The fraction of sp³-hybridized carbons (Fsp3) is 0.636. The predicted molar refractivity (Wildman–Crippen MR) is 55.7 cm³/mol. The van der Waals surface area contributed by atoms with Crippen molar-refractivity contribution in [3.8, 4) is 0 Å². The molecule has 0 aromatic carbocycles. The Morgan fingerprint density at radius 3 is 2.62 bits per heavy atom. The van der Waals surface area contributed by atoms with Crippen LogP contribution in [0, 0.1) is 10.8 Å². The first-order valence-corrected chi connectivity index (χ1v) is 6.55. The van der Waals surface area contributed by atoms with Crippen molar-refractivity contribution in [2.24, 2.45) is 10.8 Å². The minimum atomic E-state index is -0.730. The third-order valence-electron chi connectivity index (χ3n) is 4.41. The molecule has 0 radical (unpaired) electrons. The molecule has 0 aromatic heterocycles. The van der Waals surface area contributed by atoms with Crippen LogP contribution in [0.5, 0.6) is 0 Å². The summed E-state index contributed by atoms with van der Waals surface area (Å²) in [7, 11) is 0. The molecule has 4 aliphatic heterocycles. The van der Waals surface area contributed by atoms with Crippen LogP contribution in [0.15, 0.2) is 12.2 Å². The van der Waals surface area contributed by atoms with Gasteiger partial charge in [-0.1, -0.05) is 12.2 Å². The Balaban J connectivity index is 2.01. The molecule has 0 saturated carbocycles. The Hall–Kier alpha value is -0.810. The van der Waals surface area contributed by atoms with Gasteiger partial charge in [0.05, 0.1) is 12.2 Å². The summed E-state index contributed by atoms with van der Waals surface area (Å²) in [6.07, 6.45) is 4.00. The molecule has 0 aliphatic carbocycles. The summed E-state index contributed by atoms with van der Waals surface area (Å²) in [6.45, 7) is 0. The third-order valence-corrected chi connectivity index (χ3v) is 5.56. The number of carbonyl (C=O) groups excluding carboxylic acids is 2. The van der Waals surface area contributed by atoms with Crippen LogP contribution in [0.3, 0.4) is 0 Å². The average Bonchev–Trinajstić information content (AvgIpc) is 2.92. The highest BCUT2D eigenvalue weighted by atomic mass is 32.2. The van der Waals surface area contributed by atoms with E-state index in [4.69, 9.17) is 9.47 Å². The van der Waals surface area contributed by atoms with E-state index >= 15 is 0 Å². The van der Waals surface area contributed by atoms with Crippen LogP contribution in [0.2, 0.25) is 0 Å². The fourth-order valence-electron chi connectivity index (χ4n) is 3.59. The minimum Gasteiger partial charge on any atom is -0.392 e. The molecule has 0 amide bonds. The first-order chi connectivity index (χ1) is 7.72. The molecule has 4 aliphatic rings. The standard InChI is InChI=1S/C11H10O4S/c12-8-10-3-4-16-5-11(10,9(13)15-8)7-2-1-6(10)14-7/h1-2,6-7H,3-5H2. The number of ether oxygens (including phenoxy) is 2. The Kier molecular flexibility index (Phi) is 1.47. The Morgan fingerprint density at radius 1 is 1.19 bits per heavy atom. The highest BCUT2D eigenvalue weighted by Gasteiger charge is 2.80. The molecule has 4 nitrogen and oxygen atoms in total. The molecule has 2 bridgehead atoms. The van der Waals surface area contributed by atoms with Crippen molar-refractivity contribution in [3.63, 3.8) is 0 Å². The van der Waals surface area contributed by atoms with E-state index in [1.54, 1.807) is 11.8 Å². The zero-order chi connectivity index (χ0) is 11.0. The lowest BCUT2D eigenvalue weighted by Gasteiger charge is -2.41. The number of fused-ring (bicyclic) bond motifs is 2. The molecule has 5 heteroatoms. The van der Waals surface area contributed by atoms with Gasteiger partial charge in [-0.3, -0.25) is 9.59 Å². The summed E-state index contributed by atoms with van der Waals surface area (Å²) < 4.78 is 10.7. The highest BCUT2D eigenvalue weighted by Crippen LogP contribution is 2.66. The van der Waals surface area contributed by atoms with Crippen LogP contribution in [0.25, 0.3) is 0 Å². The van der Waals surface area contributed by atoms with Crippen molar-refractivity contribution in [1.29, 1.82) is 0 Å². The van der Waals surface area contributed by atoms with E-state index in [0.717, 1.165) is 5.75 Å². The average molecular weight is 238 g/mol. The summed E-state index contributed by atoms with van der Waals surface area (Å²) in [5.41, 5.74) is -1.44. The summed E-state index contributed by atoms with van der Waals surface area (Å²) >= 11 is 1.71. The largest absolute Gasteiger partial charge is 0.392 e. The van der Waals surface area contributed by atoms with Crippen molar-refractivity contribution in [1.82, 2.24) is 0 Å². The van der Waals surface area contributed by atoms with Crippen LogP contribution >= 0.6 is 11.8 Å². The van der Waals surface area contributed by atoms with Crippen LogP contribution < -0.4 is 0 Å². The van der Waals surface area contributed by atoms with E-state index in [1.807, 2.05) is 12.2 Å². The lowest BCUT2D eigenvalue weighted by atomic mass is 9.58. The van der Waals surface area contributed by atoms with Crippen LogP contribution in [-0.4, -0.2) is 35.7 Å². The lowest BCUT2D eigenvalue weighted by Crippen LogP contribution is -2.55. The van der Waals surface area contributed by atoms with E-state index in [2.05, 4.69) is 0 Å². The van der Waals surface area contributed by atoms with Gasteiger partial charge >= 0.3 is 11.9 Å². The number of hydrogen-bond acceptors (Lipinski definition) is 5. The minimum absolute atomic E-state index is 0.252. The van der Waals surface area contributed by atoms with Crippen molar-refractivity contribution in [3.05, 3.63) is 12.2 Å². The third kappa shape index (κ3) is 0.667. The number of rotatable bonds is 0. The van der Waals surface area contributed by atoms with Crippen LogP contribution in [0.4, 0.5) is 0 Å². The molecule has 4 unspecified atom stereocenters. The number of esters is 2. The summed E-state index contributed by atoms with van der Waals surface area (Å²) in [5, 5.41) is 0. The molecule has 4 rings (SSSR count). The Bertz CT molecular complexity index is 407. The van der Waals surface area contributed by atoms with Crippen molar-refractivity contribution in [2.45, 2.75) is 18.6 Å². The fourth-order valence-corrected chi connectivity index (χ4v) is 5.06. The SMILES string of the molecule is O=C1OC(=O)C23CSCCC12C1C=CC3O1. The summed E-state index contributed by atoms with van der Waals surface area (Å²) in [6, 6.07) is 0. The molecule has 0 aromatic rings. The predicted octanol–water partition coefficient (Wildman–Crippen LogP) is 0.517. The zero-order valence-corrected chi connectivity index (χ0v) is 9.29. The molecule has 3 saturated heterocycles. The van der Waals surface area contributed by atoms with Crippen molar-refractivity contribution < 1.29 is 19.1 Å². The van der Waals surface area contributed by atoms with E-state index in [-0.39, 0.29) is 24.1 Å². The number of carbonyl (C=O) groups is 2. The monoisotopic (exact) mass is 238 g/mol. The van der Waals surface area contributed by atoms with Crippen LogP contribution in [0.1, 0.15) is 6.42 Å². The van der Waals surface area contributed by atoms with Gasteiger partial charge in [-0.15, -0.1) is 0 Å². The topological polar surface area (TPSA) is 52.6 Å². The number of thioether (sulfide) groups is 1. The lowest BCUT2D eigenvalue weighted by molar-refractivity contribution is -0.159. The van der Waals surface area contributed by atoms with Crippen LogP contribution in [-0.2, 0) is 19.1 Å². The van der Waals surface area contributed by atoms with Gasteiger partial charge in [0.25, 0.3) is 0 Å². The highest BCUT2D eigenvalue weighted by molar-refractivity contribution is 7.99. The molecule has 4 heterocycles. The van der Waals surface area contributed by atoms with Gasteiger partial charge in [-0.05, 0) is 12.2 Å². The van der Waals surface area contributed by atoms with Crippen molar-refractivity contribution in [2.75, 3.05) is 11.5 Å². The molecule has 16 heavy (non-hydrogen) atoms. The van der Waals surface area contributed by atoms with Gasteiger partial charge in [0.15, 0.2) is 0 Å². The second kappa shape index (κ2) is 2.54. The van der Waals surface area contributed by atoms with E-state index in [0.29, 0.717) is 12.2 Å². The second-order valence-electron chi connectivity index (χ2n) is 4.78. The molecule has 0 spiro atoms. The molecule has 84 valence electrons. The summed E-state index contributed by atoms with van der Waals surface area (Å²) in [4.78, 5) is 24.1. The first kappa shape index (κ1) is 9.24. The Labute approximate surface area is 96.3 Å². The van der Waals surface area contributed by atoms with Gasteiger partial charge in [0.2, 0.25) is 0 Å².